The van der Waals surface area contributed by atoms with Crippen molar-refractivity contribution in [3.8, 4) is 11.5 Å². The zero-order chi connectivity index (χ0) is 20.2. The summed E-state index contributed by atoms with van der Waals surface area (Å²) >= 11 is 0. The molecule has 0 aromatic heterocycles. The van der Waals surface area contributed by atoms with Gasteiger partial charge >= 0.3 is 0 Å². The number of anilines is 1. The Kier molecular flexibility index (Phi) is 8.65. The molecule has 0 fully saturated rings. The number of aliphatic imine (C=N–C) groups is 1. The molecule has 28 heavy (non-hydrogen) atoms. The second-order valence-electron chi connectivity index (χ2n) is 5.93. The molecule has 2 rings (SSSR count). The Labute approximate surface area is 165 Å². The largest absolute Gasteiger partial charge is 0.494 e. The topological polar surface area (TPSA) is 98.0 Å². The van der Waals surface area contributed by atoms with Crippen LogP contribution in [-0.2, 0) is 11.3 Å². The van der Waals surface area contributed by atoms with Crippen LogP contribution in [0, 0.1) is 0 Å². The lowest BCUT2D eigenvalue weighted by Crippen LogP contribution is -2.26. The predicted octanol–water partition coefficient (Wildman–Crippen LogP) is 2.92. The van der Waals surface area contributed by atoms with Gasteiger partial charge in [0, 0.05) is 19.0 Å². The first kappa shape index (κ1) is 21.1. The number of rotatable bonds is 10. The molecule has 0 unspecified atom stereocenters. The first-order valence-corrected chi connectivity index (χ1v) is 9.39. The van der Waals surface area contributed by atoms with Crippen molar-refractivity contribution < 1.29 is 14.3 Å². The average Bonchev–Trinajstić information content (AvgIpc) is 2.69. The Morgan fingerprint density at radius 3 is 2.54 bits per heavy atom. The van der Waals surface area contributed by atoms with Crippen molar-refractivity contribution in [3.05, 3.63) is 54.1 Å². The van der Waals surface area contributed by atoms with E-state index in [1.165, 1.54) is 0 Å². The van der Waals surface area contributed by atoms with E-state index in [0.29, 0.717) is 36.9 Å². The fourth-order valence-corrected chi connectivity index (χ4v) is 2.48. The van der Waals surface area contributed by atoms with Crippen LogP contribution in [0.3, 0.4) is 0 Å². The standard InChI is InChI=1S/C21H28N4O3/c1-3-27-17-10-11-19(28-4-2)18(14-17)25-21(22)23-13-12-20(26)24-15-16-8-6-5-7-9-16/h5-11,14H,3-4,12-13,15H2,1-2H3,(H,24,26)(H3,22,23,25). The van der Waals surface area contributed by atoms with Crippen molar-refractivity contribution in [2.24, 2.45) is 10.7 Å². The van der Waals surface area contributed by atoms with E-state index in [1.54, 1.807) is 0 Å². The van der Waals surface area contributed by atoms with E-state index in [9.17, 15) is 4.79 Å². The molecule has 150 valence electrons. The van der Waals surface area contributed by atoms with Crippen LogP contribution in [-0.4, -0.2) is 31.6 Å². The van der Waals surface area contributed by atoms with Crippen molar-refractivity contribution in [1.82, 2.24) is 5.32 Å². The third-order valence-corrected chi connectivity index (χ3v) is 3.78. The highest BCUT2D eigenvalue weighted by Crippen LogP contribution is 2.29. The van der Waals surface area contributed by atoms with Gasteiger partial charge in [0.25, 0.3) is 0 Å². The highest BCUT2D eigenvalue weighted by Gasteiger charge is 2.07. The lowest BCUT2D eigenvalue weighted by atomic mass is 10.2. The Morgan fingerprint density at radius 1 is 1.07 bits per heavy atom. The van der Waals surface area contributed by atoms with Gasteiger partial charge < -0.3 is 25.8 Å². The minimum atomic E-state index is -0.0752. The number of hydrogen-bond acceptors (Lipinski definition) is 4. The van der Waals surface area contributed by atoms with E-state index in [1.807, 2.05) is 62.4 Å². The Hall–Kier alpha value is -3.22. The maximum absolute atomic E-state index is 11.9. The lowest BCUT2D eigenvalue weighted by molar-refractivity contribution is -0.121. The van der Waals surface area contributed by atoms with Gasteiger partial charge in [-0.05, 0) is 31.5 Å². The van der Waals surface area contributed by atoms with Crippen LogP contribution in [0.1, 0.15) is 25.8 Å². The molecule has 0 spiro atoms. The summed E-state index contributed by atoms with van der Waals surface area (Å²) in [5.41, 5.74) is 7.68. The molecule has 2 aromatic carbocycles. The molecule has 0 radical (unpaired) electrons. The Morgan fingerprint density at radius 2 is 1.82 bits per heavy atom. The number of nitrogens with zero attached hydrogens (tertiary/aromatic N) is 1. The van der Waals surface area contributed by atoms with Crippen molar-refractivity contribution in [3.63, 3.8) is 0 Å². The summed E-state index contributed by atoms with van der Waals surface area (Å²) in [5, 5.41) is 5.88. The first-order chi connectivity index (χ1) is 13.6. The van der Waals surface area contributed by atoms with Crippen LogP contribution in [0.25, 0.3) is 0 Å². The van der Waals surface area contributed by atoms with E-state index in [0.717, 1.165) is 5.56 Å². The number of nitrogens with one attached hydrogen (secondary N) is 2. The quantitative estimate of drug-likeness (QED) is 0.432. The van der Waals surface area contributed by atoms with E-state index in [2.05, 4.69) is 15.6 Å². The molecule has 7 heteroatoms. The van der Waals surface area contributed by atoms with Gasteiger partial charge in [0.1, 0.15) is 11.5 Å². The number of benzene rings is 2. The van der Waals surface area contributed by atoms with E-state index >= 15 is 0 Å². The molecule has 7 nitrogen and oxygen atoms in total. The molecule has 0 aliphatic carbocycles. The highest BCUT2D eigenvalue weighted by molar-refractivity contribution is 5.94. The number of guanidine groups is 1. The predicted molar refractivity (Wildman–Crippen MR) is 112 cm³/mol. The molecule has 0 saturated carbocycles. The summed E-state index contributed by atoms with van der Waals surface area (Å²) in [6.45, 7) is 5.71. The van der Waals surface area contributed by atoms with E-state index in [-0.39, 0.29) is 24.8 Å². The van der Waals surface area contributed by atoms with Gasteiger partial charge in [0.05, 0.1) is 25.4 Å². The van der Waals surface area contributed by atoms with Gasteiger partial charge in [0.15, 0.2) is 5.96 Å². The summed E-state index contributed by atoms with van der Waals surface area (Å²) in [7, 11) is 0. The summed E-state index contributed by atoms with van der Waals surface area (Å²) in [4.78, 5) is 16.2. The van der Waals surface area contributed by atoms with Gasteiger partial charge in [-0.15, -0.1) is 0 Å². The van der Waals surface area contributed by atoms with Gasteiger partial charge in [-0.2, -0.15) is 0 Å². The van der Waals surface area contributed by atoms with Crippen LogP contribution in [0.4, 0.5) is 5.69 Å². The fraction of sp³-hybridized carbons (Fsp3) is 0.333. The summed E-state index contributed by atoms with van der Waals surface area (Å²) in [5.74, 6) is 1.51. The Balaban J connectivity index is 1.86. The van der Waals surface area contributed by atoms with Gasteiger partial charge in [0.2, 0.25) is 5.91 Å². The lowest BCUT2D eigenvalue weighted by Gasteiger charge is -2.14. The maximum Gasteiger partial charge on any atom is 0.222 e. The summed E-state index contributed by atoms with van der Waals surface area (Å²) in [6, 6.07) is 15.2. The Bertz CT molecular complexity index is 778. The molecule has 0 atom stereocenters. The molecule has 0 aliphatic rings. The monoisotopic (exact) mass is 384 g/mol. The number of hydrogen-bond donors (Lipinski definition) is 3. The van der Waals surface area contributed by atoms with Gasteiger partial charge in [-0.1, -0.05) is 30.3 Å². The van der Waals surface area contributed by atoms with Crippen LogP contribution in [0.2, 0.25) is 0 Å². The van der Waals surface area contributed by atoms with Crippen LogP contribution in [0.15, 0.2) is 53.5 Å². The molecule has 1 amide bonds. The molecule has 0 aliphatic heterocycles. The molecule has 0 saturated heterocycles. The molecule has 0 heterocycles. The van der Waals surface area contributed by atoms with E-state index < -0.39 is 0 Å². The second-order valence-corrected chi connectivity index (χ2v) is 5.93. The van der Waals surface area contributed by atoms with Crippen LogP contribution >= 0.6 is 0 Å². The molecule has 4 N–H and O–H groups in total. The van der Waals surface area contributed by atoms with Crippen molar-refractivity contribution in [2.45, 2.75) is 26.8 Å². The minimum absolute atomic E-state index is 0.0752. The normalized spacial score (nSPS) is 11.0. The smallest absolute Gasteiger partial charge is 0.222 e. The number of ether oxygens (including phenoxy) is 2. The zero-order valence-corrected chi connectivity index (χ0v) is 16.4. The van der Waals surface area contributed by atoms with Crippen molar-refractivity contribution in [1.29, 1.82) is 0 Å². The number of carbonyl (C=O) groups is 1. The van der Waals surface area contributed by atoms with E-state index in [4.69, 9.17) is 15.2 Å². The summed E-state index contributed by atoms with van der Waals surface area (Å²) in [6.07, 6.45) is 0.256. The number of nitrogens with two attached hydrogens (primary N) is 1. The average molecular weight is 384 g/mol. The molecule has 2 aromatic rings. The summed E-state index contributed by atoms with van der Waals surface area (Å²) < 4.78 is 11.1. The maximum atomic E-state index is 11.9. The number of amides is 1. The van der Waals surface area contributed by atoms with Crippen molar-refractivity contribution in [2.75, 3.05) is 25.1 Å². The minimum Gasteiger partial charge on any atom is -0.494 e. The SMILES string of the molecule is CCOc1ccc(OCC)c(NC(N)=NCCC(=O)NCc2ccccc2)c1. The second kappa shape index (κ2) is 11.5. The number of carbonyl (C=O) groups excluding carboxylic acids is 1. The van der Waals surface area contributed by atoms with Crippen LogP contribution in [0.5, 0.6) is 11.5 Å². The van der Waals surface area contributed by atoms with Gasteiger partial charge in [-0.25, -0.2) is 0 Å². The van der Waals surface area contributed by atoms with Crippen LogP contribution < -0.4 is 25.8 Å². The molecular formula is C21H28N4O3. The first-order valence-electron chi connectivity index (χ1n) is 9.39. The fourth-order valence-electron chi connectivity index (χ4n) is 2.48. The molecular weight excluding hydrogens is 356 g/mol. The van der Waals surface area contributed by atoms with Gasteiger partial charge in [-0.3, -0.25) is 9.79 Å². The molecule has 0 bridgehead atoms. The third-order valence-electron chi connectivity index (χ3n) is 3.78. The third kappa shape index (κ3) is 7.19. The zero-order valence-electron chi connectivity index (χ0n) is 16.4. The highest BCUT2D eigenvalue weighted by atomic mass is 16.5. The van der Waals surface area contributed by atoms with Crippen molar-refractivity contribution >= 4 is 17.6 Å².